The van der Waals surface area contributed by atoms with Crippen molar-refractivity contribution in [3.63, 3.8) is 0 Å². The van der Waals surface area contributed by atoms with E-state index in [0.29, 0.717) is 6.42 Å². The second-order valence-electron chi connectivity index (χ2n) is 4.43. The number of rotatable bonds is 0. The third-order valence-corrected chi connectivity index (χ3v) is 4.14. The fourth-order valence-corrected chi connectivity index (χ4v) is 3.32. The van der Waals surface area contributed by atoms with Gasteiger partial charge in [0, 0.05) is 21.3 Å². The Hall–Kier alpha value is -0.340. The first-order chi connectivity index (χ1) is 6.94. The fraction of sp³-hybridized carbons (Fsp3) is 0.417. The molecule has 0 aliphatic heterocycles. The largest absolute Gasteiger partial charge is 0.299 e. The Bertz CT molecular complexity index is 437. The Morgan fingerprint density at radius 2 is 2.00 bits per heavy atom. The molecule has 0 atom stereocenters. The summed E-state index contributed by atoms with van der Waals surface area (Å²) in [7, 11) is 0. The molecular weight excluding hydrogens is 275 g/mol. The van der Waals surface area contributed by atoms with Crippen molar-refractivity contribution >= 4 is 33.3 Å². The van der Waals surface area contributed by atoms with Gasteiger partial charge in [-0.15, -0.1) is 0 Å². The summed E-state index contributed by atoms with van der Waals surface area (Å²) in [5.41, 5.74) is 1.76. The number of hydrogen-bond acceptors (Lipinski definition) is 1. The number of hydrogen-bond donors (Lipinski definition) is 0. The van der Waals surface area contributed by atoms with Crippen molar-refractivity contribution in [1.82, 2.24) is 0 Å². The molecule has 1 aliphatic rings. The Balaban J connectivity index is 2.73. The number of Topliss-reactive ketones (excluding diaryl/α,β-unsaturated/α-hetero) is 1. The van der Waals surface area contributed by atoms with Crippen LogP contribution in [0, 0.1) is 0 Å². The van der Waals surface area contributed by atoms with Crippen LogP contribution >= 0.6 is 27.5 Å². The second-order valence-corrected chi connectivity index (χ2v) is 5.69. The summed E-state index contributed by atoms with van der Waals surface area (Å²) in [6.07, 6.45) is 1.35. The fourth-order valence-electron chi connectivity index (χ4n) is 2.20. The van der Waals surface area contributed by atoms with E-state index in [1.807, 2.05) is 26.0 Å². The summed E-state index contributed by atoms with van der Waals surface area (Å²) in [6, 6.07) is 3.80. The van der Waals surface area contributed by atoms with Gasteiger partial charge in [0.05, 0.1) is 0 Å². The minimum atomic E-state index is -0.419. The van der Waals surface area contributed by atoms with E-state index in [4.69, 9.17) is 11.6 Å². The lowest BCUT2D eigenvalue weighted by molar-refractivity contribution is -0.124. The van der Waals surface area contributed by atoms with Crippen LogP contribution in [-0.2, 0) is 16.6 Å². The lowest BCUT2D eigenvalue weighted by Gasteiger charge is -2.32. The van der Waals surface area contributed by atoms with Gasteiger partial charge in [0.25, 0.3) is 0 Å². The highest BCUT2D eigenvalue weighted by molar-refractivity contribution is 9.10. The molecule has 0 bridgehead atoms. The van der Waals surface area contributed by atoms with Crippen molar-refractivity contribution < 1.29 is 4.79 Å². The summed E-state index contributed by atoms with van der Waals surface area (Å²) < 4.78 is 0.986. The molecule has 1 aromatic carbocycles. The molecule has 0 spiro atoms. The quantitative estimate of drug-likeness (QED) is 0.707. The van der Waals surface area contributed by atoms with Crippen LogP contribution in [-0.4, -0.2) is 5.78 Å². The van der Waals surface area contributed by atoms with E-state index in [-0.39, 0.29) is 5.78 Å². The second kappa shape index (κ2) is 3.60. The van der Waals surface area contributed by atoms with Crippen LogP contribution in [0.4, 0.5) is 0 Å². The molecule has 0 radical (unpaired) electrons. The molecule has 0 saturated carbocycles. The SMILES string of the molecule is CC1(C)C(=O)CCc2c(Cl)ccc(Br)c21. The van der Waals surface area contributed by atoms with Crippen LogP contribution < -0.4 is 0 Å². The van der Waals surface area contributed by atoms with E-state index in [1.54, 1.807) is 0 Å². The normalized spacial score (nSPS) is 18.8. The van der Waals surface area contributed by atoms with Crippen molar-refractivity contribution in [1.29, 1.82) is 0 Å². The average molecular weight is 288 g/mol. The zero-order chi connectivity index (χ0) is 11.2. The van der Waals surface area contributed by atoms with E-state index >= 15 is 0 Å². The van der Waals surface area contributed by atoms with Crippen LogP contribution in [0.2, 0.25) is 5.02 Å². The van der Waals surface area contributed by atoms with E-state index in [2.05, 4.69) is 15.9 Å². The average Bonchev–Trinajstić information content (AvgIpc) is 2.16. The molecule has 0 unspecified atom stereocenters. The molecule has 0 amide bonds. The van der Waals surface area contributed by atoms with Crippen molar-refractivity contribution in [3.05, 3.63) is 32.8 Å². The van der Waals surface area contributed by atoms with Crippen LogP contribution in [0.25, 0.3) is 0 Å². The van der Waals surface area contributed by atoms with Gasteiger partial charge >= 0.3 is 0 Å². The molecule has 1 aromatic rings. The summed E-state index contributed by atoms with van der Waals surface area (Å²) in [5, 5.41) is 0.772. The maximum Gasteiger partial charge on any atom is 0.143 e. The molecule has 80 valence electrons. The number of carbonyl (C=O) groups excluding carboxylic acids is 1. The van der Waals surface area contributed by atoms with Gasteiger partial charge in [-0.3, -0.25) is 4.79 Å². The van der Waals surface area contributed by atoms with E-state index in [0.717, 1.165) is 27.0 Å². The lowest BCUT2D eigenvalue weighted by Crippen LogP contribution is -2.34. The van der Waals surface area contributed by atoms with Gasteiger partial charge in [0.2, 0.25) is 0 Å². The molecule has 0 heterocycles. The Morgan fingerprint density at radius 1 is 1.33 bits per heavy atom. The first-order valence-electron chi connectivity index (χ1n) is 4.95. The van der Waals surface area contributed by atoms with Crippen molar-refractivity contribution in [3.8, 4) is 0 Å². The van der Waals surface area contributed by atoms with Crippen LogP contribution in [0.5, 0.6) is 0 Å². The third kappa shape index (κ3) is 1.64. The number of benzene rings is 1. The molecule has 0 fully saturated rings. The predicted octanol–water partition coefficient (Wildman–Crippen LogP) is 3.90. The highest BCUT2D eigenvalue weighted by Gasteiger charge is 2.37. The topological polar surface area (TPSA) is 17.1 Å². The number of halogens is 2. The van der Waals surface area contributed by atoms with E-state index in [1.165, 1.54) is 0 Å². The highest BCUT2D eigenvalue weighted by atomic mass is 79.9. The van der Waals surface area contributed by atoms with Crippen molar-refractivity contribution in [2.45, 2.75) is 32.1 Å². The van der Waals surface area contributed by atoms with Crippen LogP contribution in [0.3, 0.4) is 0 Å². The standard InChI is InChI=1S/C12H12BrClO/c1-12(2)10(15)6-3-7-9(14)5-4-8(13)11(7)12/h4-5H,3,6H2,1-2H3. The van der Waals surface area contributed by atoms with E-state index < -0.39 is 5.41 Å². The molecule has 1 aliphatic carbocycles. The van der Waals surface area contributed by atoms with Gasteiger partial charge in [-0.1, -0.05) is 27.5 Å². The maximum atomic E-state index is 11.9. The number of fused-ring (bicyclic) bond motifs is 1. The summed E-state index contributed by atoms with van der Waals surface area (Å²) in [4.78, 5) is 11.9. The molecule has 15 heavy (non-hydrogen) atoms. The molecular formula is C12H12BrClO. The van der Waals surface area contributed by atoms with Gasteiger partial charge in [0.1, 0.15) is 5.78 Å². The molecule has 0 N–H and O–H groups in total. The molecule has 0 saturated heterocycles. The van der Waals surface area contributed by atoms with Gasteiger partial charge in [-0.05, 0) is 43.5 Å². The Morgan fingerprint density at radius 3 is 2.67 bits per heavy atom. The third-order valence-electron chi connectivity index (χ3n) is 3.13. The molecule has 2 rings (SSSR count). The van der Waals surface area contributed by atoms with E-state index in [9.17, 15) is 4.79 Å². The molecule has 3 heteroatoms. The minimum absolute atomic E-state index is 0.290. The smallest absolute Gasteiger partial charge is 0.143 e. The van der Waals surface area contributed by atoms with Gasteiger partial charge in [-0.25, -0.2) is 0 Å². The zero-order valence-corrected chi connectivity index (χ0v) is 11.1. The monoisotopic (exact) mass is 286 g/mol. The Labute approximate surface area is 103 Å². The highest BCUT2D eigenvalue weighted by Crippen LogP contribution is 2.41. The molecule has 1 nitrogen and oxygen atoms in total. The van der Waals surface area contributed by atoms with Crippen LogP contribution in [0.15, 0.2) is 16.6 Å². The van der Waals surface area contributed by atoms with Gasteiger partial charge < -0.3 is 0 Å². The zero-order valence-electron chi connectivity index (χ0n) is 8.73. The predicted molar refractivity (Wildman–Crippen MR) is 65.5 cm³/mol. The summed E-state index contributed by atoms with van der Waals surface area (Å²) in [6.45, 7) is 3.93. The van der Waals surface area contributed by atoms with Gasteiger partial charge in [-0.2, -0.15) is 0 Å². The van der Waals surface area contributed by atoms with Gasteiger partial charge in [0.15, 0.2) is 0 Å². The first-order valence-corrected chi connectivity index (χ1v) is 6.12. The van der Waals surface area contributed by atoms with Crippen molar-refractivity contribution in [2.24, 2.45) is 0 Å². The summed E-state index contributed by atoms with van der Waals surface area (Å²) >= 11 is 9.67. The minimum Gasteiger partial charge on any atom is -0.299 e. The maximum absolute atomic E-state index is 11.9. The number of carbonyl (C=O) groups is 1. The van der Waals surface area contributed by atoms with Crippen LogP contribution in [0.1, 0.15) is 31.4 Å². The van der Waals surface area contributed by atoms with Crippen molar-refractivity contribution in [2.75, 3.05) is 0 Å². The molecule has 0 aromatic heterocycles. The number of ketones is 1. The first kappa shape index (κ1) is 11.2. The summed E-state index contributed by atoms with van der Waals surface area (Å²) in [5.74, 6) is 0.290. The Kier molecular flexibility index (Phi) is 2.68. The lowest BCUT2D eigenvalue weighted by atomic mass is 9.72.